The van der Waals surface area contributed by atoms with Crippen LogP contribution in [0.25, 0.3) is 5.76 Å². The summed E-state index contributed by atoms with van der Waals surface area (Å²) in [4.78, 5) is 27.4. The molecule has 2 aromatic rings. The van der Waals surface area contributed by atoms with Gasteiger partial charge in [-0.25, -0.2) is 0 Å². The van der Waals surface area contributed by atoms with Gasteiger partial charge in [-0.2, -0.15) is 0 Å². The van der Waals surface area contributed by atoms with Gasteiger partial charge in [0.2, 0.25) is 0 Å². The number of aliphatic hydroxyl groups is 1. The number of amides is 1. The number of phenolic OH excluding ortho intramolecular Hbond substituents is 1. The summed E-state index contributed by atoms with van der Waals surface area (Å²) in [5.74, 6) is -1.27. The van der Waals surface area contributed by atoms with Crippen LogP contribution in [0.3, 0.4) is 0 Å². The van der Waals surface area contributed by atoms with Crippen molar-refractivity contribution in [1.29, 1.82) is 0 Å². The molecule has 7 nitrogen and oxygen atoms in total. The molecule has 1 saturated heterocycles. The minimum Gasteiger partial charge on any atom is -0.507 e. The number of unbranched alkanes of at least 4 members (excludes halogenated alkanes) is 2. The number of aliphatic hydroxyl groups excluding tert-OH is 1. The lowest BCUT2D eigenvalue weighted by atomic mass is 9.95. The van der Waals surface area contributed by atoms with Gasteiger partial charge >= 0.3 is 0 Å². The van der Waals surface area contributed by atoms with Crippen molar-refractivity contribution in [2.45, 2.75) is 32.2 Å². The van der Waals surface area contributed by atoms with E-state index in [1.165, 1.54) is 31.3 Å². The van der Waals surface area contributed by atoms with Gasteiger partial charge in [-0.3, -0.25) is 9.59 Å². The normalized spacial score (nSPS) is 17.6. The maximum atomic E-state index is 13.0. The summed E-state index contributed by atoms with van der Waals surface area (Å²) in [5, 5.41) is 21.6. The Hall–Kier alpha value is -3.19. The fourth-order valence-corrected chi connectivity index (χ4v) is 4.09. The van der Waals surface area contributed by atoms with E-state index in [0.29, 0.717) is 24.3 Å². The van der Waals surface area contributed by atoms with E-state index < -0.39 is 17.7 Å². The Balaban J connectivity index is 2.15. The predicted molar refractivity (Wildman–Crippen MR) is 121 cm³/mol. The first-order chi connectivity index (χ1) is 15.3. The van der Waals surface area contributed by atoms with Crippen molar-refractivity contribution in [3.05, 3.63) is 58.1 Å². The number of hydrogen-bond donors (Lipinski definition) is 2. The number of ketones is 1. The van der Waals surface area contributed by atoms with Crippen molar-refractivity contribution in [1.82, 2.24) is 4.90 Å². The first-order valence-electron chi connectivity index (χ1n) is 10.3. The molecule has 1 aliphatic heterocycles. The third kappa shape index (κ3) is 4.39. The van der Waals surface area contributed by atoms with Gasteiger partial charge in [0.25, 0.3) is 11.7 Å². The topological polar surface area (TPSA) is 96.3 Å². The van der Waals surface area contributed by atoms with E-state index in [1.807, 2.05) is 6.92 Å². The van der Waals surface area contributed by atoms with Gasteiger partial charge in [-0.1, -0.05) is 37.4 Å². The Bertz CT molecular complexity index is 1060. The van der Waals surface area contributed by atoms with Crippen LogP contribution in [-0.4, -0.2) is 47.6 Å². The molecule has 3 rings (SSSR count). The number of ether oxygens (including phenoxy) is 2. The summed E-state index contributed by atoms with van der Waals surface area (Å²) in [6.07, 6.45) is 2.54. The van der Waals surface area contributed by atoms with Crippen molar-refractivity contribution < 1.29 is 29.3 Å². The summed E-state index contributed by atoms with van der Waals surface area (Å²) in [6, 6.07) is 8.41. The monoisotopic (exact) mass is 459 g/mol. The molecule has 0 radical (unpaired) electrons. The van der Waals surface area contributed by atoms with Crippen molar-refractivity contribution in [3.63, 3.8) is 0 Å². The lowest BCUT2D eigenvalue weighted by Gasteiger charge is -2.25. The highest BCUT2D eigenvalue weighted by Crippen LogP contribution is 2.42. The number of aromatic hydroxyl groups is 1. The zero-order chi connectivity index (χ0) is 23.4. The highest BCUT2D eigenvalue weighted by Gasteiger charge is 2.46. The number of rotatable bonds is 8. The van der Waals surface area contributed by atoms with Crippen LogP contribution in [0.4, 0.5) is 0 Å². The molecule has 170 valence electrons. The van der Waals surface area contributed by atoms with Gasteiger partial charge < -0.3 is 24.6 Å². The second-order valence-corrected chi connectivity index (χ2v) is 7.89. The smallest absolute Gasteiger partial charge is 0.295 e. The molecule has 1 amide bonds. The van der Waals surface area contributed by atoms with Crippen LogP contribution < -0.4 is 9.47 Å². The van der Waals surface area contributed by atoms with Crippen LogP contribution in [0, 0.1) is 0 Å². The zero-order valence-corrected chi connectivity index (χ0v) is 19.0. The third-order valence-electron chi connectivity index (χ3n) is 5.49. The van der Waals surface area contributed by atoms with E-state index in [9.17, 15) is 19.8 Å². The van der Waals surface area contributed by atoms with Gasteiger partial charge in [0, 0.05) is 12.1 Å². The Kier molecular flexibility index (Phi) is 7.30. The van der Waals surface area contributed by atoms with Gasteiger partial charge in [0.1, 0.15) is 11.5 Å². The molecule has 1 heterocycles. The van der Waals surface area contributed by atoms with Crippen molar-refractivity contribution in [2.24, 2.45) is 0 Å². The molecule has 32 heavy (non-hydrogen) atoms. The largest absolute Gasteiger partial charge is 0.507 e. The number of phenols is 1. The summed E-state index contributed by atoms with van der Waals surface area (Å²) in [7, 11) is 2.90. The van der Waals surface area contributed by atoms with Crippen LogP contribution in [0.2, 0.25) is 5.02 Å². The van der Waals surface area contributed by atoms with Crippen LogP contribution in [-0.2, 0) is 9.59 Å². The van der Waals surface area contributed by atoms with E-state index in [2.05, 4.69) is 0 Å². The fourth-order valence-electron chi connectivity index (χ4n) is 3.84. The molecule has 2 aromatic carbocycles. The fraction of sp³-hybridized carbons (Fsp3) is 0.333. The first kappa shape index (κ1) is 23.5. The lowest BCUT2D eigenvalue weighted by Crippen LogP contribution is -2.30. The molecule has 1 fully saturated rings. The molecule has 2 N–H and O–H groups in total. The van der Waals surface area contributed by atoms with E-state index in [-0.39, 0.29) is 33.4 Å². The van der Waals surface area contributed by atoms with Crippen LogP contribution >= 0.6 is 11.6 Å². The molecular weight excluding hydrogens is 434 g/mol. The highest BCUT2D eigenvalue weighted by molar-refractivity contribution is 6.46. The molecule has 0 aliphatic carbocycles. The summed E-state index contributed by atoms with van der Waals surface area (Å²) in [6.45, 7) is 2.39. The molecule has 1 aliphatic rings. The SMILES string of the molecule is CCCCCN1C(=O)C(=O)/C(=C(\O)c2ccc(OC)c(Cl)c2)C1c1ccc(OC)c(O)c1. The Labute approximate surface area is 191 Å². The molecular formula is C24H26ClNO6. The number of carbonyl (C=O) groups is 2. The van der Waals surface area contributed by atoms with Crippen LogP contribution in [0.1, 0.15) is 43.4 Å². The van der Waals surface area contributed by atoms with Gasteiger partial charge in [0.15, 0.2) is 11.5 Å². The Morgan fingerprint density at radius 3 is 2.34 bits per heavy atom. The minimum absolute atomic E-state index is 0.0581. The van der Waals surface area contributed by atoms with Gasteiger partial charge in [-0.15, -0.1) is 0 Å². The average molecular weight is 460 g/mol. The van der Waals surface area contributed by atoms with Crippen LogP contribution in [0.15, 0.2) is 42.0 Å². The molecule has 8 heteroatoms. The van der Waals surface area contributed by atoms with Crippen molar-refractivity contribution in [3.8, 4) is 17.2 Å². The number of likely N-dealkylation sites (tertiary alicyclic amines) is 1. The lowest BCUT2D eigenvalue weighted by molar-refractivity contribution is -0.139. The number of Topliss-reactive ketones (excluding diaryl/α,β-unsaturated/α-hetero) is 1. The summed E-state index contributed by atoms with van der Waals surface area (Å²) < 4.78 is 10.2. The number of methoxy groups -OCH3 is 2. The van der Waals surface area contributed by atoms with E-state index in [1.54, 1.807) is 24.3 Å². The highest BCUT2D eigenvalue weighted by atomic mass is 35.5. The Morgan fingerprint density at radius 2 is 1.75 bits per heavy atom. The molecule has 1 unspecified atom stereocenters. The van der Waals surface area contributed by atoms with Gasteiger partial charge in [0.05, 0.1) is 30.9 Å². The van der Waals surface area contributed by atoms with E-state index >= 15 is 0 Å². The summed E-state index contributed by atoms with van der Waals surface area (Å²) >= 11 is 6.20. The zero-order valence-electron chi connectivity index (χ0n) is 18.2. The maximum Gasteiger partial charge on any atom is 0.295 e. The molecule has 0 spiro atoms. The molecule has 0 aromatic heterocycles. The second-order valence-electron chi connectivity index (χ2n) is 7.48. The standard InChI is InChI=1S/C24H26ClNO6/c1-4-5-6-11-26-21(14-7-10-19(32-3)17(27)13-14)20(23(29)24(26)30)22(28)15-8-9-18(31-2)16(25)12-15/h7-10,12-13,21,27-28H,4-6,11H2,1-3H3/b22-20-. The van der Waals surface area contributed by atoms with Crippen molar-refractivity contribution >= 4 is 29.1 Å². The quantitative estimate of drug-likeness (QED) is 0.257. The first-order valence-corrected chi connectivity index (χ1v) is 10.7. The number of carbonyl (C=O) groups excluding carboxylic acids is 2. The van der Waals surface area contributed by atoms with E-state index in [4.69, 9.17) is 21.1 Å². The number of nitrogens with zero attached hydrogens (tertiary/aromatic N) is 1. The van der Waals surface area contributed by atoms with Crippen LogP contribution in [0.5, 0.6) is 17.2 Å². The number of halogens is 1. The van der Waals surface area contributed by atoms with Gasteiger partial charge in [-0.05, 0) is 42.3 Å². The predicted octanol–water partition coefficient (Wildman–Crippen LogP) is 4.67. The minimum atomic E-state index is -0.857. The average Bonchev–Trinajstić information content (AvgIpc) is 3.03. The van der Waals surface area contributed by atoms with Crippen molar-refractivity contribution in [2.75, 3.05) is 20.8 Å². The maximum absolute atomic E-state index is 13.0. The molecule has 0 bridgehead atoms. The third-order valence-corrected chi connectivity index (χ3v) is 5.78. The number of hydrogen-bond acceptors (Lipinski definition) is 6. The molecule has 0 saturated carbocycles. The Morgan fingerprint density at radius 1 is 1.06 bits per heavy atom. The second kappa shape index (κ2) is 9.96. The summed E-state index contributed by atoms with van der Waals surface area (Å²) in [5.41, 5.74) is 0.711. The molecule has 1 atom stereocenters. The van der Waals surface area contributed by atoms with E-state index in [0.717, 1.165) is 12.8 Å². The number of benzene rings is 2.